The molecule has 0 bridgehead atoms. The summed E-state index contributed by atoms with van der Waals surface area (Å²) in [6, 6.07) is 0.515. The van der Waals surface area contributed by atoms with Crippen LogP contribution in [0.3, 0.4) is 0 Å². The minimum absolute atomic E-state index is 0.489. The Hall–Kier alpha value is -2.38. The smallest absolute Gasteiger partial charge is 0.203 e. The molecule has 0 spiro atoms. The van der Waals surface area contributed by atoms with E-state index in [0.29, 0.717) is 17.9 Å². The fourth-order valence-corrected chi connectivity index (χ4v) is 3.93. The van der Waals surface area contributed by atoms with Crippen molar-refractivity contribution in [3.63, 3.8) is 0 Å². The van der Waals surface area contributed by atoms with Gasteiger partial charge in [0.05, 0.1) is 0 Å². The van der Waals surface area contributed by atoms with Crippen LogP contribution in [0, 0.1) is 5.92 Å². The number of anilines is 1. The first-order valence-corrected chi connectivity index (χ1v) is 9.25. The van der Waals surface area contributed by atoms with Crippen LogP contribution in [0.5, 0.6) is 0 Å². The average molecular weight is 342 g/mol. The second-order valence-electron chi connectivity index (χ2n) is 7.12. The van der Waals surface area contributed by atoms with Crippen LogP contribution >= 0.6 is 0 Å². The summed E-state index contributed by atoms with van der Waals surface area (Å²) in [5.41, 5.74) is 6.88. The molecule has 2 fully saturated rings. The zero-order valence-corrected chi connectivity index (χ0v) is 14.5. The van der Waals surface area contributed by atoms with Crippen LogP contribution in [0.15, 0.2) is 23.7 Å². The Morgan fingerprint density at radius 1 is 1.28 bits per heavy atom. The molecule has 1 atom stereocenters. The molecule has 8 heteroatoms. The number of aromatic nitrogens is 4. The second kappa shape index (κ2) is 7.25. The van der Waals surface area contributed by atoms with Crippen LogP contribution in [0.25, 0.3) is 5.65 Å². The maximum atomic E-state index is 6.07. The van der Waals surface area contributed by atoms with Crippen molar-refractivity contribution >= 4 is 17.4 Å². The monoisotopic (exact) mass is 342 g/mol. The summed E-state index contributed by atoms with van der Waals surface area (Å²) in [4.78, 5) is 11.4. The molecule has 1 aliphatic heterocycles. The highest BCUT2D eigenvalue weighted by Gasteiger charge is 2.23. The van der Waals surface area contributed by atoms with Gasteiger partial charge in [0.2, 0.25) is 5.65 Å². The maximum Gasteiger partial charge on any atom is 0.203 e. The maximum absolute atomic E-state index is 6.07. The van der Waals surface area contributed by atoms with Gasteiger partial charge in [-0.3, -0.25) is 9.39 Å². The zero-order valence-electron chi connectivity index (χ0n) is 14.5. The van der Waals surface area contributed by atoms with Crippen molar-refractivity contribution in [1.29, 1.82) is 0 Å². The van der Waals surface area contributed by atoms with Crippen LogP contribution in [-0.4, -0.2) is 51.2 Å². The Morgan fingerprint density at radius 2 is 2.16 bits per heavy atom. The molecule has 1 aliphatic carbocycles. The third-order valence-corrected chi connectivity index (χ3v) is 5.24. The van der Waals surface area contributed by atoms with Gasteiger partial charge in [-0.15, -0.1) is 10.2 Å². The van der Waals surface area contributed by atoms with Gasteiger partial charge in [-0.1, -0.05) is 12.8 Å². The molecule has 8 nitrogen and oxygen atoms in total. The number of rotatable bonds is 4. The molecule has 2 aromatic rings. The van der Waals surface area contributed by atoms with Gasteiger partial charge in [0.1, 0.15) is 6.33 Å². The SMILES string of the molecule is NC(=NCC1CCCN(c2nccn3cnnc23)C1)NC1CCCC1. The Bertz CT molecular complexity index is 733. The van der Waals surface area contributed by atoms with Gasteiger partial charge in [-0.25, -0.2) is 4.98 Å². The van der Waals surface area contributed by atoms with E-state index >= 15 is 0 Å². The Morgan fingerprint density at radius 3 is 3.04 bits per heavy atom. The van der Waals surface area contributed by atoms with E-state index < -0.39 is 0 Å². The van der Waals surface area contributed by atoms with E-state index in [4.69, 9.17) is 5.73 Å². The molecule has 3 N–H and O–H groups in total. The molecular formula is C17H26N8. The van der Waals surface area contributed by atoms with Gasteiger partial charge < -0.3 is 16.0 Å². The van der Waals surface area contributed by atoms with Gasteiger partial charge in [0.15, 0.2) is 11.8 Å². The van der Waals surface area contributed by atoms with E-state index in [9.17, 15) is 0 Å². The third-order valence-electron chi connectivity index (χ3n) is 5.24. The first-order chi connectivity index (χ1) is 12.3. The standard InChI is InChI=1S/C17H26N8/c18-17(22-14-5-1-2-6-14)20-10-13-4-3-8-24(11-13)15-16-23-21-12-25(16)9-7-19-15/h7,9,12-14H,1-6,8,10-11H2,(H3,18,20,22). The predicted octanol–water partition coefficient (Wildman–Crippen LogP) is 1.19. The number of fused-ring (bicyclic) bond motifs is 1. The van der Waals surface area contributed by atoms with Crippen molar-refractivity contribution in [3.05, 3.63) is 18.7 Å². The topological polar surface area (TPSA) is 96.7 Å². The molecule has 2 aromatic heterocycles. The molecule has 4 rings (SSSR count). The van der Waals surface area contributed by atoms with Crippen molar-refractivity contribution in [2.24, 2.45) is 16.6 Å². The largest absolute Gasteiger partial charge is 0.370 e. The number of hydrogen-bond donors (Lipinski definition) is 2. The van der Waals surface area contributed by atoms with Crippen LogP contribution in [-0.2, 0) is 0 Å². The van der Waals surface area contributed by atoms with Crippen LogP contribution < -0.4 is 16.0 Å². The predicted molar refractivity (Wildman–Crippen MR) is 97.6 cm³/mol. The van der Waals surface area contributed by atoms with Crippen molar-refractivity contribution in [2.75, 3.05) is 24.5 Å². The normalized spacial score (nSPS) is 22.6. The molecule has 25 heavy (non-hydrogen) atoms. The Kier molecular flexibility index (Phi) is 4.67. The van der Waals surface area contributed by atoms with Crippen LogP contribution in [0.2, 0.25) is 0 Å². The summed E-state index contributed by atoms with van der Waals surface area (Å²) < 4.78 is 1.91. The number of hydrogen-bond acceptors (Lipinski definition) is 5. The molecule has 1 saturated heterocycles. The molecule has 0 radical (unpaired) electrons. The second-order valence-corrected chi connectivity index (χ2v) is 7.12. The van der Waals surface area contributed by atoms with Crippen LogP contribution in [0.1, 0.15) is 38.5 Å². The molecule has 134 valence electrons. The molecule has 2 aliphatic rings. The van der Waals surface area contributed by atoms with Crippen molar-refractivity contribution in [3.8, 4) is 0 Å². The highest BCUT2D eigenvalue weighted by molar-refractivity contribution is 5.78. The summed E-state index contributed by atoms with van der Waals surface area (Å²) in [6.07, 6.45) is 12.7. The van der Waals surface area contributed by atoms with E-state index in [1.54, 1.807) is 12.5 Å². The lowest BCUT2D eigenvalue weighted by atomic mass is 9.98. The van der Waals surface area contributed by atoms with E-state index in [2.05, 4.69) is 30.4 Å². The number of aliphatic imine (C=N–C) groups is 1. The molecule has 1 saturated carbocycles. The average Bonchev–Trinajstić information content (AvgIpc) is 3.31. The van der Waals surface area contributed by atoms with Crippen molar-refractivity contribution < 1.29 is 0 Å². The molecule has 0 aromatic carbocycles. The Labute approximate surface area is 147 Å². The summed E-state index contributed by atoms with van der Waals surface area (Å²) in [6.45, 7) is 2.69. The molecule has 0 amide bonds. The Balaban J connectivity index is 1.38. The van der Waals surface area contributed by atoms with E-state index in [0.717, 1.165) is 37.5 Å². The van der Waals surface area contributed by atoms with E-state index in [-0.39, 0.29) is 0 Å². The number of nitrogens with one attached hydrogen (secondary N) is 1. The third kappa shape index (κ3) is 3.67. The number of nitrogens with two attached hydrogens (primary N) is 1. The first kappa shape index (κ1) is 16.1. The zero-order chi connectivity index (χ0) is 17.1. The first-order valence-electron chi connectivity index (χ1n) is 9.25. The summed E-state index contributed by atoms with van der Waals surface area (Å²) in [5.74, 6) is 2.00. The summed E-state index contributed by atoms with van der Waals surface area (Å²) in [5, 5.41) is 11.5. The lowest BCUT2D eigenvalue weighted by molar-refractivity contribution is 0.422. The highest BCUT2D eigenvalue weighted by Crippen LogP contribution is 2.24. The minimum Gasteiger partial charge on any atom is -0.370 e. The molecule has 3 heterocycles. The summed E-state index contributed by atoms with van der Waals surface area (Å²) >= 11 is 0. The van der Waals surface area contributed by atoms with Gasteiger partial charge in [-0.2, -0.15) is 0 Å². The highest BCUT2D eigenvalue weighted by atomic mass is 15.3. The van der Waals surface area contributed by atoms with Gasteiger partial charge in [0.25, 0.3) is 0 Å². The summed E-state index contributed by atoms with van der Waals surface area (Å²) in [7, 11) is 0. The van der Waals surface area contributed by atoms with Crippen LogP contribution in [0.4, 0.5) is 5.82 Å². The number of piperidine rings is 1. The van der Waals surface area contributed by atoms with Gasteiger partial charge >= 0.3 is 0 Å². The van der Waals surface area contributed by atoms with Crippen molar-refractivity contribution in [2.45, 2.75) is 44.6 Å². The quantitative estimate of drug-likeness (QED) is 0.640. The molecule has 1 unspecified atom stereocenters. The van der Waals surface area contributed by atoms with E-state index in [1.807, 2.05) is 10.6 Å². The minimum atomic E-state index is 0.489. The lowest BCUT2D eigenvalue weighted by Crippen LogP contribution is -2.40. The fraction of sp³-hybridized carbons (Fsp3) is 0.647. The number of nitrogens with zero attached hydrogens (tertiary/aromatic N) is 6. The van der Waals surface area contributed by atoms with Crippen molar-refractivity contribution in [1.82, 2.24) is 24.9 Å². The lowest BCUT2D eigenvalue weighted by Gasteiger charge is -2.32. The van der Waals surface area contributed by atoms with E-state index in [1.165, 1.54) is 32.1 Å². The van der Waals surface area contributed by atoms with Gasteiger partial charge in [0, 0.05) is 38.1 Å². The fourth-order valence-electron chi connectivity index (χ4n) is 3.93. The molecular weight excluding hydrogens is 316 g/mol. The van der Waals surface area contributed by atoms with Gasteiger partial charge in [-0.05, 0) is 31.6 Å². The number of guanidine groups is 1.